The molecule has 1 rings (SSSR count). The number of aliphatic hydroxyl groups is 2. The van der Waals surface area contributed by atoms with Crippen molar-refractivity contribution < 1.29 is 20.1 Å². The van der Waals surface area contributed by atoms with E-state index >= 15 is 0 Å². The summed E-state index contributed by atoms with van der Waals surface area (Å²) in [6.07, 6.45) is -0.595. The first kappa shape index (κ1) is 14.7. The molecule has 0 aliphatic rings. The molecule has 3 N–H and O–H groups in total. The van der Waals surface area contributed by atoms with Crippen molar-refractivity contribution in [3.63, 3.8) is 0 Å². The van der Waals surface area contributed by atoms with Gasteiger partial charge in [0.1, 0.15) is 0 Å². The molecule has 100 valence electrons. The first-order chi connectivity index (χ1) is 8.49. The maximum atomic E-state index is 10.4. The van der Waals surface area contributed by atoms with Gasteiger partial charge in [0, 0.05) is 0 Å². The molecule has 0 amide bonds. The van der Waals surface area contributed by atoms with Crippen molar-refractivity contribution in [1.29, 1.82) is 0 Å². The van der Waals surface area contributed by atoms with E-state index in [1.165, 1.54) is 11.1 Å². The third kappa shape index (κ3) is 5.29. The average Bonchev–Trinajstić information content (AvgIpc) is 2.26. The van der Waals surface area contributed by atoms with Crippen molar-refractivity contribution >= 4 is 5.97 Å². The number of carboxylic acid groups (broad SMARTS) is 1. The lowest BCUT2D eigenvalue weighted by atomic mass is 9.99. The van der Waals surface area contributed by atoms with Crippen molar-refractivity contribution in [2.24, 2.45) is 0 Å². The van der Waals surface area contributed by atoms with Crippen LogP contribution in [-0.2, 0) is 11.2 Å². The fraction of sp³-hybridized carbons (Fsp3) is 0.500. The van der Waals surface area contributed by atoms with Gasteiger partial charge in [-0.1, -0.05) is 24.3 Å². The summed E-state index contributed by atoms with van der Waals surface area (Å²) in [4.78, 5) is 10.4. The van der Waals surface area contributed by atoms with Gasteiger partial charge in [-0.2, -0.15) is 0 Å². The standard InChI is InChI=1S/C14H20O4/c1-10-4-2-3-5-11(10)6-7-12(15)8-13(16)9-14(17)18/h2-5,12-13,15-16H,6-9H2,1H3,(H,17,18). The Labute approximate surface area is 107 Å². The van der Waals surface area contributed by atoms with E-state index in [2.05, 4.69) is 0 Å². The Morgan fingerprint density at radius 3 is 2.50 bits per heavy atom. The summed E-state index contributed by atoms with van der Waals surface area (Å²) < 4.78 is 0. The van der Waals surface area contributed by atoms with Crippen LogP contribution in [0.1, 0.15) is 30.4 Å². The van der Waals surface area contributed by atoms with E-state index in [4.69, 9.17) is 5.11 Å². The minimum atomic E-state index is -1.05. The summed E-state index contributed by atoms with van der Waals surface area (Å²) in [7, 11) is 0. The lowest BCUT2D eigenvalue weighted by molar-refractivity contribution is -0.139. The van der Waals surface area contributed by atoms with Crippen molar-refractivity contribution in [2.75, 3.05) is 0 Å². The number of aliphatic carboxylic acids is 1. The number of aliphatic hydroxyl groups excluding tert-OH is 2. The molecular weight excluding hydrogens is 232 g/mol. The summed E-state index contributed by atoms with van der Waals surface area (Å²) in [6.45, 7) is 2.01. The Morgan fingerprint density at radius 2 is 1.89 bits per heavy atom. The van der Waals surface area contributed by atoms with Crippen LogP contribution < -0.4 is 0 Å². The van der Waals surface area contributed by atoms with Gasteiger partial charge in [0.25, 0.3) is 0 Å². The molecule has 0 aliphatic carbocycles. The molecule has 1 aromatic carbocycles. The smallest absolute Gasteiger partial charge is 0.305 e. The molecule has 0 heterocycles. The van der Waals surface area contributed by atoms with Gasteiger partial charge in [-0.05, 0) is 37.3 Å². The largest absolute Gasteiger partial charge is 0.481 e. The second kappa shape index (κ2) is 7.13. The van der Waals surface area contributed by atoms with Gasteiger partial charge in [-0.15, -0.1) is 0 Å². The van der Waals surface area contributed by atoms with E-state index in [-0.39, 0.29) is 12.8 Å². The van der Waals surface area contributed by atoms with Crippen LogP contribution in [-0.4, -0.2) is 33.5 Å². The molecule has 2 unspecified atom stereocenters. The molecule has 0 aliphatic heterocycles. The van der Waals surface area contributed by atoms with Crippen LogP contribution in [0, 0.1) is 6.92 Å². The number of hydrogen-bond donors (Lipinski definition) is 3. The van der Waals surface area contributed by atoms with E-state index in [0.717, 1.165) is 6.42 Å². The molecule has 4 nitrogen and oxygen atoms in total. The predicted molar refractivity (Wildman–Crippen MR) is 68.4 cm³/mol. The fourth-order valence-electron chi connectivity index (χ4n) is 1.93. The summed E-state index contributed by atoms with van der Waals surface area (Å²) in [6, 6.07) is 7.94. The molecule has 18 heavy (non-hydrogen) atoms. The molecule has 4 heteroatoms. The molecule has 0 saturated heterocycles. The third-order valence-electron chi connectivity index (χ3n) is 2.96. The van der Waals surface area contributed by atoms with E-state index in [1.807, 2.05) is 31.2 Å². The van der Waals surface area contributed by atoms with Gasteiger partial charge >= 0.3 is 5.97 Å². The number of carbonyl (C=O) groups is 1. The zero-order valence-corrected chi connectivity index (χ0v) is 10.5. The second-order valence-electron chi connectivity index (χ2n) is 4.61. The topological polar surface area (TPSA) is 77.8 Å². The molecule has 0 aromatic heterocycles. The number of rotatable bonds is 7. The molecular formula is C14H20O4. The van der Waals surface area contributed by atoms with Crippen LogP contribution in [0.2, 0.25) is 0 Å². The van der Waals surface area contributed by atoms with Gasteiger partial charge in [0.15, 0.2) is 0 Å². The lowest BCUT2D eigenvalue weighted by Gasteiger charge is -2.14. The van der Waals surface area contributed by atoms with E-state index in [0.29, 0.717) is 6.42 Å². The van der Waals surface area contributed by atoms with Gasteiger partial charge in [0.05, 0.1) is 18.6 Å². The molecule has 1 aromatic rings. The van der Waals surface area contributed by atoms with Crippen LogP contribution in [0.15, 0.2) is 24.3 Å². The third-order valence-corrected chi connectivity index (χ3v) is 2.96. The Hall–Kier alpha value is -1.39. The predicted octanol–water partition coefficient (Wildman–Crippen LogP) is 1.51. The van der Waals surface area contributed by atoms with Crippen molar-refractivity contribution in [2.45, 2.75) is 44.8 Å². The van der Waals surface area contributed by atoms with E-state index < -0.39 is 18.2 Å². The van der Waals surface area contributed by atoms with Crippen LogP contribution in [0.25, 0.3) is 0 Å². The molecule has 0 bridgehead atoms. The van der Waals surface area contributed by atoms with Crippen LogP contribution in [0.5, 0.6) is 0 Å². The minimum Gasteiger partial charge on any atom is -0.481 e. The zero-order chi connectivity index (χ0) is 13.5. The van der Waals surface area contributed by atoms with E-state index in [9.17, 15) is 15.0 Å². The van der Waals surface area contributed by atoms with Gasteiger partial charge < -0.3 is 15.3 Å². The molecule has 0 spiro atoms. The summed E-state index contributed by atoms with van der Waals surface area (Å²) in [5, 5.41) is 27.6. The van der Waals surface area contributed by atoms with E-state index in [1.54, 1.807) is 0 Å². The average molecular weight is 252 g/mol. The highest BCUT2D eigenvalue weighted by molar-refractivity contribution is 5.67. The van der Waals surface area contributed by atoms with Gasteiger partial charge in [-0.3, -0.25) is 4.79 Å². The van der Waals surface area contributed by atoms with Crippen LogP contribution >= 0.6 is 0 Å². The minimum absolute atomic E-state index is 0.109. The maximum absolute atomic E-state index is 10.4. The SMILES string of the molecule is Cc1ccccc1CCC(O)CC(O)CC(=O)O. The fourth-order valence-corrected chi connectivity index (χ4v) is 1.93. The first-order valence-electron chi connectivity index (χ1n) is 6.11. The Morgan fingerprint density at radius 1 is 1.22 bits per heavy atom. The lowest BCUT2D eigenvalue weighted by Crippen LogP contribution is -2.21. The van der Waals surface area contributed by atoms with Crippen molar-refractivity contribution in [1.82, 2.24) is 0 Å². The van der Waals surface area contributed by atoms with Crippen molar-refractivity contribution in [3.05, 3.63) is 35.4 Å². The molecule has 0 saturated carbocycles. The molecule has 0 radical (unpaired) electrons. The number of carboxylic acids is 1. The number of hydrogen-bond acceptors (Lipinski definition) is 3. The van der Waals surface area contributed by atoms with Crippen molar-refractivity contribution in [3.8, 4) is 0 Å². The summed E-state index contributed by atoms with van der Waals surface area (Å²) >= 11 is 0. The summed E-state index contributed by atoms with van der Waals surface area (Å²) in [5.74, 6) is -1.05. The monoisotopic (exact) mass is 252 g/mol. The van der Waals surface area contributed by atoms with Gasteiger partial charge in [-0.25, -0.2) is 0 Å². The first-order valence-corrected chi connectivity index (χ1v) is 6.11. The van der Waals surface area contributed by atoms with Gasteiger partial charge in [0.2, 0.25) is 0 Å². The highest BCUT2D eigenvalue weighted by Crippen LogP contribution is 2.13. The second-order valence-corrected chi connectivity index (χ2v) is 4.61. The number of benzene rings is 1. The Kier molecular flexibility index (Phi) is 5.82. The molecule has 0 fully saturated rings. The Bertz CT molecular complexity index is 389. The van der Waals surface area contributed by atoms with Crippen LogP contribution in [0.3, 0.4) is 0 Å². The quantitative estimate of drug-likeness (QED) is 0.687. The zero-order valence-electron chi connectivity index (χ0n) is 10.5. The number of aryl methyl sites for hydroxylation is 2. The maximum Gasteiger partial charge on any atom is 0.305 e. The molecule has 2 atom stereocenters. The van der Waals surface area contributed by atoms with Crippen LogP contribution in [0.4, 0.5) is 0 Å². The summed E-state index contributed by atoms with van der Waals surface area (Å²) in [5.41, 5.74) is 2.35. The highest BCUT2D eigenvalue weighted by Gasteiger charge is 2.15. The normalized spacial score (nSPS) is 14.2. The highest BCUT2D eigenvalue weighted by atomic mass is 16.4. The Balaban J connectivity index is 2.35.